The van der Waals surface area contributed by atoms with Crippen LogP contribution in [0.15, 0.2) is 36.7 Å². The number of carbonyl (C=O) groups excluding carboxylic acids is 1. The zero-order valence-electron chi connectivity index (χ0n) is 13.1. The Labute approximate surface area is 139 Å². The van der Waals surface area contributed by atoms with Gasteiger partial charge in [0.1, 0.15) is 12.2 Å². The van der Waals surface area contributed by atoms with E-state index in [0.29, 0.717) is 30.2 Å². The molecule has 1 saturated heterocycles. The predicted molar refractivity (Wildman–Crippen MR) is 83.5 cm³/mol. The zero-order valence-corrected chi connectivity index (χ0v) is 13.1. The van der Waals surface area contributed by atoms with Crippen molar-refractivity contribution in [1.29, 1.82) is 5.26 Å². The van der Waals surface area contributed by atoms with Crippen molar-refractivity contribution in [3.05, 3.63) is 42.2 Å². The van der Waals surface area contributed by atoms with Crippen LogP contribution < -0.4 is 9.47 Å². The van der Waals surface area contributed by atoms with Crippen LogP contribution in [0, 0.1) is 11.3 Å². The molecule has 3 heterocycles. The molecule has 2 aromatic rings. The second-order valence-corrected chi connectivity index (χ2v) is 6.03. The lowest BCUT2D eigenvalue weighted by molar-refractivity contribution is -0.150. The van der Waals surface area contributed by atoms with E-state index in [1.165, 1.54) is 6.20 Å². The van der Waals surface area contributed by atoms with Crippen molar-refractivity contribution in [2.24, 2.45) is 0 Å². The van der Waals surface area contributed by atoms with E-state index in [4.69, 9.17) is 14.7 Å². The molecule has 2 aliphatic rings. The van der Waals surface area contributed by atoms with Gasteiger partial charge in [0.05, 0.1) is 17.8 Å². The third kappa shape index (κ3) is 2.36. The van der Waals surface area contributed by atoms with Crippen molar-refractivity contribution >= 4 is 5.91 Å². The van der Waals surface area contributed by atoms with E-state index in [9.17, 15) is 4.79 Å². The highest BCUT2D eigenvalue weighted by Gasteiger charge is 2.41. The molecule has 7 heteroatoms. The van der Waals surface area contributed by atoms with Crippen LogP contribution in [0.5, 0.6) is 11.5 Å². The fraction of sp³-hybridized carbons (Fsp3) is 0.353. The molecule has 0 spiro atoms. The number of hydrogen-bond acceptors (Lipinski definition) is 5. The number of amides is 1. The van der Waals surface area contributed by atoms with Gasteiger partial charge in [0.15, 0.2) is 11.5 Å². The number of benzene rings is 1. The molecule has 1 aromatic carbocycles. The topological polar surface area (TPSA) is 80.4 Å². The van der Waals surface area contributed by atoms with Crippen LogP contribution in [0.1, 0.15) is 18.5 Å². The molecule has 1 amide bonds. The molecule has 0 radical (unpaired) electrons. The van der Waals surface area contributed by atoms with Gasteiger partial charge in [0, 0.05) is 19.3 Å². The SMILES string of the molecule is CC1Oc2ccccc2OC1C(=O)N1CC(n2cc(C#N)cn2)C1. The van der Waals surface area contributed by atoms with Crippen molar-refractivity contribution in [1.82, 2.24) is 14.7 Å². The Hall–Kier alpha value is -3.01. The van der Waals surface area contributed by atoms with Crippen LogP contribution in [0.25, 0.3) is 0 Å². The molecule has 1 fully saturated rings. The Bertz CT molecular complexity index is 819. The average Bonchev–Trinajstić information content (AvgIpc) is 3.01. The minimum Gasteiger partial charge on any atom is -0.482 e. The highest BCUT2D eigenvalue weighted by atomic mass is 16.6. The minimum absolute atomic E-state index is 0.0825. The third-order valence-corrected chi connectivity index (χ3v) is 4.36. The summed E-state index contributed by atoms with van der Waals surface area (Å²) in [4.78, 5) is 14.4. The van der Waals surface area contributed by atoms with Gasteiger partial charge in [-0.05, 0) is 19.1 Å². The lowest BCUT2D eigenvalue weighted by atomic mass is 10.1. The lowest BCUT2D eigenvalue weighted by Crippen LogP contribution is -2.58. The number of rotatable bonds is 2. The first-order valence-corrected chi connectivity index (χ1v) is 7.81. The van der Waals surface area contributed by atoms with Crippen molar-refractivity contribution in [3.63, 3.8) is 0 Å². The first-order valence-electron chi connectivity index (χ1n) is 7.81. The second-order valence-electron chi connectivity index (χ2n) is 6.03. The largest absolute Gasteiger partial charge is 0.482 e. The Balaban J connectivity index is 1.42. The number of aromatic nitrogens is 2. The normalized spacial score (nSPS) is 22.6. The van der Waals surface area contributed by atoms with Gasteiger partial charge in [-0.25, -0.2) is 0 Å². The number of ether oxygens (including phenoxy) is 2. The van der Waals surface area contributed by atoms with Crippen LogP contribution in [0.3, 0.4) is 0 Å². The van der Waals surface area contributed by atoms with Gasteiger partial charge in [-0.3, -0.25) is 9.48 Å². The highest BCUT2D eigenvalue weighted by molar-refractivity contribution is 5.83. The summed E-state index contributed by atoms with van der Waals surface area (Å²) in [6, 6.07) is 9.50. The fourth-order valence-electron chi connectivity index (χ4n) is 2.97. The van der Waals surface area contributed by atoms with Crippen LogP contribution >= 0.6 is 0 Å². The summed E-state index contributed by atoms with van der Waals surface area (Å²) in [6.07, 6.45) is 2.24. The summed E-state index contributed by atoms with van der Waals surface area (Å²) in [7, 11) is 0. The van der Waals surface area contributed by atoms with Gasteiger partial charge in [-0.15, -0.1) is 0 Å². The molecule has 24 heavy (non-hydrogen) atoms. The summed E-state index contributed by atoms with van der Waals surface area (Å²) >= 11 is 0. The summed E-state index contributed by atoms with van der Waals surface area (Å²) in [5.74, 6) is 1.17. The van der Waals surface area contributed by atoms with E-state index in [1.807, 2.05) is 25.1 Å². The van der Waals surface area contributed by atoms with E-state index in [1.54, 1.807) is 21.8 Å². The highest BCUT2D eigenvalue weighted by Crippen LogP contribution is 2.34. The Kier molecular flexibility index (Phi) is 3.38. The van der Waals surface area contributed by atoms with Crippen LogP contribution in [-0.4, -0.2) is 45.9 Å². The van der Waals surface area contributed by atoms with Gasteiger partial charge < -0.3 is 14.4 Å². The molecule has 0 bridgehead atoms. The Morgan fingerprint density at radius 3 is 2.67 bits per heavy atom. The standard InChI is InChI=1S/C17H16N4O3/c1-11-16(24-15-5-3-2-4-14(15)23-11)17(22)20-9-13(10-20)21-8-12(6-18)7-19-21/h2-5,7-8,11,13,16H,9-10H2,1H3. The van der Waals surface area contributed by atoms with Gasteiger partial charge in [-0.1, -0.05) is 12.1 Å². The number of fused-ring (bicyclic) bond motifs is 1. The maximum absolute atomic E-state index is 12.7. The van der Waals surface area contributed by atoms with Crippen molar-refractivity contribution in [2.45, 2.75) is 25.2 Å². The third-order valence-electron chi connectivity index (χ3n) is 4.36. The van der Waals surface area contributed by atoms with Crippen LogP contribution in [0.2, 0.25) is 0 Å². The summed E-state index contributed by atoms with van der Waals surface area (Å²) in [5, 5.41) is 13.0. The fourth-order valence-corrected chi connectivity index (χ4v) is 2.97. The second kappa shape index (κ2) is 5.57. The monoisotopic (exact) mass is 324 g/mol. The number of hydrogen-bond donors (Lipinski definition) is 0. The molecule has 0 aliphatic carbocycles. The van der Waals surface area contributed by atoms with Crippen LogP contribution in [0.4, 0.5) is 0 Å². The van der Waals surface area contributed by atoms with Crippen molar-refractivity contribution in [2.75, 3.05) is 13.1 Å². The average molecular weight is 324 g/mol. The number of nitriles is 1. The maximum Gasteiger partial charge on any atom is 0.267 e. The molecule has 4 rings (SSSR count). The number of likely N-dealkylation sites (tertiary alicyclic amines) is 1. The zero-order chi connectivity index (χ0) is 16.7. The number of carbonyl (C=O) groups is 1. The molecular formula is C17H16N4O3. The molecule has 2 aliphatic heterocycles. The van der Waals surface area contributed by atoms with E-state index in [2.05, 4.69) is 11.2 Å². The first-order chi connectivity index (χ1) is 11.7. The Morgan fingerprint density at radius 1 is 1.29 bits per heavy atom. The molecule has 122 valence electrons. The molecule has 7 nitrogen and oxygen atoms in total. The lowest BCUT2D eigenvalue weighted by Gasteiger charge is -2.42. The number of nitrogens with zero attached hydrogens (tertiary/aromatic N) is 4. The molecule has 1 aromatic heterocycles. The van der Waals surface area contributed by atoms with Gasteiger partial charge in [0.2, 0.25) is 6.10 Å². The van der Waals surface area contributed by atoms with E-state index >= 15 is 0 Å². The van der Waals surface area contributed by atoms with E-state index < -0.39 is 6.10 Å². The molecular weight excluding hydrogens is 308 g/mol. The minimum atomic E-state index is -0.645. The van der Waals surface area contributed by atoms with E-state index in [0.717, 1.165) is 0 Å². The summed E-state index contributed by atoms with van der Waals surface area (Å²) in [5.41, 5.74) is 0.522. The molecule has 2 unspecified atom stereocenters. The first kappa shape index (κ1) is 14.6. The smallest absolute Gasteiger partial charge is 0.267 e. The summed E-state index contributed by atoms with van der Waals surface area (Å²) in [6.45, 7) is 2.95. The number of para-hydroxylation sites is 2. The van der Waals surface area contributed by atoms with Crippen LogP contribution in [-0.2, 0) is 4.79 Å². The van der Waals surface area contributed by atoms with Gasteiger partial charge in [0.25, 0.3) is 5.91 Å². The molecule has 2 atom stereocenters. The predicted octanol–water partition coefficient (Wildman–Crippen LogP) is 1.37. The molecule has 0 N–H and O–H groups in total. The summed E-state index contributed by atoms with van der Waals surface area (Å²) < 4.78 is 13.4. The Morgan fingerprint density at radius 2 is 2.00 bits per heavy atom. The van der Waals surface area contributed by atoms with E-state index in [-0.39, 0.29) is 18.1 Å². The maximum atomic E-state index is 12.7. The quantitative estimate of drug-likeness (QED) is 0.833. The van der Waals surface area contributed by atoms with Crippen molar-refractivity contribution < 1.29 is 14.3 Å². The molecule has 0 saturated carbocycles. The van der Waals surface area contributed by atoms with Gasteiger partial charge in [-0.2, -0.15) is 10.4 Å². The van der Waals surface area contributed by atoms with Gasteiger partial charge >= 0.3 is 0 Å². The van der Waals surface area contributed by atoms with Crippen molar-refractivity contribution in [3.8, 4) is 17.6 Å².